The van der Waals surface area contributed by atoms with Gasteiger partial charge in [-0.15, -0.1) is 11.3 Å². The van der Waals surface area contributed by atoms with E-state index in [0.717, 1.165) is 23.9 Å². The van der Waals surface area contributed by atoms with Crippen LogP contribution in [-0.2, 0) is 13.1 Å². The van der Waals surface area contributed by atoms with Crippen LogP contribution in [0.15, 0.2) is 24.3 Å². The molecule has 0 atom stereocenters. The largest absolute Gasteiger partial charge is 0.347 e. The normalized spacial score (nSPS) is 10.7. The minimum Gasteiger partial charge on any atom is -0.347 e. The SMILES string of the molecule is CNCc1sc(N(C)Cc2cccc(C)c2)nc1C. The van der Waals surface area contributed by atoms with Gasteiger partial charge in [-0.25, -0.2) is 4.98 Å². The van der Waals surface area contributed by atoms with Gasteiger partial charge in [0.1, 0.15) is 0 Å². The van der Waals surface area contributed by atoms with Crippen molar-refractivity contribution in [2.75, 3.05) is 19.0 Å². The molecule has 1 aromatic carbocycles. The van der Waals surface area contributed by atoms with E-state index >= 15 is 0 Å². The Bertz CT molecular complexity index is 548. The lowest BCUT2D eigenvalue weighted by atomic mass is 10.1. The fourth-order valence-electron chi connectivity index (χ4n) is 2.05. The quantitative estimate of drug-likeness (QED) is 0.909. The first kappa shape index (κ1) is 14.0. The highest BCUT2D eigenvalue weighted by Gasteiger charge is 2.11. The second-order valence-electron chi connectivity index (χ2n) is 4.88. The van der Waals surface area contributed by atoms with Crippen molar-refractivity contribution in [1.82, 2.24) is 10.3 Å². The van der Waals surface area contributed by atoms with Gasteiger partial charge >= 0.3 is 0 Å². The number of hydrogen-bond acceptors (Lipinski definition) is 4. The molecule has 0 aliphatic carbocycles. The van der Waals surface area contributed by atoms with Crippen LogP contribution < -0.4 is 10.2 Å². The maximum absolute atomic E-state index is 4.65. The topological polar surface area (TPSA) is 28.2 Å². The van der Waals surface area contributed by atoms with Gasteiger partial charge in [0, 0.05) is 25.0 Å². The lowest BCUT2D eigenvalue weighted by molar-refractivity contribution is 0.822. The van der Waals surface area contributed by atoms with Crippen molar-refractivity contribution in [1.29, 1.82) is 0 Å². The van der Waals surface area contributed by atoms with Crippen LogP contribution in [0, 0.1) is 13.8 Å². The van der Waals surface area contributed by atoms with E-state index in [1.807, 2.05) is 7.05 Å². The minimum absolute atomic E-state index is 0.891. The Morgan fingerprint density at radius 2 is 2.11 bits per heavy atom. The van der Waals surface area contributed by atoms with Gasteiger partial charge in [-0.1, -0.05) is 29.8 Å². The van der Waals surface area contributed by atoms with Gasteiger partial charge in [-0.2, -0.15) is 0 Å². The zero-order chi connectivity index (χ0) is 13.8. The van der Waals surface area contributed by atoms with Gasteiger partial charge in [0.25, 0.3) is 0 Å². The third-order valence-electron chi connectivity index (χ3n) is 3.05. The molecule has 0 aliphatic rings. The Kier molecular flexibility index (Phi) is 4.56. The zero-order valence-electron chi connectivity index (χ0n) is 12.0. The van der Waals surface area contributed by atoms with Crippen molar-refractivity contribution in [3.05, 3.63) is 46.0 Å². The van der Waals surface area contributed by atoms with Crippen LogP contribution in [-0.4, -0.2) is 19.1 Å². The molecule has 2 rings (SSSR count). The lowest BCUT2D eigenvalue weighted by Gasteiger charge is -2.16. The number of hydrogen-bond donors (Lipinski definition) is 1. The number of nitrogens with one attached hydrogen (secondary N) is 1. The number of rotatable bonds is 5. The summed E-state index contributed by atoms with van der Waals surface area (Å²) in [6, 6.07) is 8.63. The predicted molar refractivity (Wildman–Crippen MR) is 82.9 cm³/mol. The Morgan fingerprint density at radius 1 is 1.32 bits per heavy atom. The molecule has 1 aromatic heterocycles. The number of nitrogens with zero attached hydrogens (tertiary/aromatic N) is 2. The molecule has 1 N–H and O–H groups in total. The molecule has 0 bridgehead atoms. The Balaban J connectivity index is 2.11. The van der Waals surface area contributed by atoms with Crippen molar-refractivity contribution in [3.8, 4) is 0 Å². The van der Waals surface area contributed by atoms with Crippen molar-refractivity contribution < 1.29 is 0 Å². The number of thiazole rings is 1. The maximum Gasteiger partial charge on any atom is 0.185 e. The molecule has 3 nitrogen and oxygen atoms in total. The average molecular weight is 275 g/mol. The first-order valence-corrected chi connectivity index (χ1v) is 7.29. The van der Waals surface area contributed by atoms with Gasteiger partial charge in [0.2, 0.25) is 0 Å². The van der Waals surface area contributed by atoms with Crippen LogP contribution in [0.4, 0.5) is 5.13 Å². The van der Waals surface area contributed by atoms with E-state index < -0.39 is 0 Å². The molecule has 0 radical (unpaired) electrons. The Labute approximate surface area is 119 Å². The van der Waals surface area contributed by atoms with E-state index in [2.05, 4.69) is 60.4 Å². The summed E-state index contributed by atoms with van der Waals surface area (Å²) in [4.78, 5) is 8.18. The molecule has 0 aliphatic heterocycles. The van der Waals surface area contributed by atoms with E-state index in [0.29, 0.717) is 0 Å². The summed E-state index contributed by atoms with van der Waals surface area (Å²) in [6.45, 7) is 5.99. The van der Waals surface area contributed by atoms with Gasteiger partial charge in [0.05, 0.1) is 5.69 Å². The molecule has 102 valence electrons. The van der Waals surface area contributed by atoms with Gasteiger partial charge in [-0.3, -0.25) is 0 Å². The summed E-state index contributed by atoms with van der Waals surface area (Å²) in [5.74, 6) is 0. The predicted octanol–water partition coefficient (Wildman–Crippen LogP) is 3.12. The van der Waals surface area contributed by atoms with Crippen molar-refractivity contribution in [3.63, 3.8) is 0 Å². The van der Waals surface area contributed by atoms with Gasteiger partial charge < -0.3 is 10.2 Å². The highest BCUT2D eigenvalue weighted by atomic mass is 32.1. The molecule has 1 heterocycles. The summed E-state index contributed by atoms with van der Waals surface area (Å²) < 4.78 is 0. The van der Waals surface area contributed by atoms with Crippen LogP contribution >= 0.6 is 11.3 Å². The van der Waals surface area contributed by atoms with Crippen LogP contribution in [0.2, 0.25) is 0 Å². The lowest BCUT2D eigenvalue weighted by Crippen LogP contribution is -2.16. The van der Waals surface area contributed by atoms with Gasteiger partial charge in [-0.05, 0) is 26.5 Å². The molecule has 2 aromatic rings. The summed E-state index contributed by atoms with van der Waals surface area (Å²) >= 11 is 1.77. The highest BCUT2D eigenvalue weighted by molar-refractivity contribution is 7.15. The monoisotopic (exact) mass is 275 g/mol. The van der Waals surface area contributed by atoms with E-state index in [1.165, 1.54) is 16.0 Å². The highest BCUT2D eigenvalue weighted by Crippen LogP contribution is 2.26. The van der Waals surface area contributed by atoms with E-state index in [4.69, 9.17) is 0 Å². The third kappa shape index (κ3) is 3.55. The zero-order valence-corrected chi connectivity index (χ0v) is 12.8. The molecule has 0 unspecified atom stereocenters. The summed E-state index contributed by atoms with van der Waals surface area (Å²) in [5, 5.41) is 4.27. The summed E-state index contributed by atoms with van der Waals surface area (Å²) in [6.07, 6.45) is 0. The third-order valence-corrected chi connectivity index (χ3v) is 4.32. The smallest absolute Gasteiger partial charge is 0.185 e. The number of aromatic nitrogens is 1. The van der Waals surface area contributed by atoms with Crippen molar-refractivity contribution in [2.24, 2.45) is 0 Å². The fourth-order valence-corrected chi connectivity index (χ4v) is 3.09. The summed E-state index contributed by atoms with van der Waals surface area (Å²) in [7, 11) is 4.07. The first-order valence-electron chi connectivity index (χ1n) is 6.47. The first-order chi connectivity index (χ1) is 9.10. The van der Waals surface area contributed by atoms with Crippen LogP contribution in [0.5, 0.6) is 0 Å². The fraction of sp³-hybridized carbons (Fsp3) is 0.400. The molecule has 4 heteroatoms. The van der Waals surface area contributed by atoms with E-state index in [1.54, 1.807) is 11.3 Å². The number of aryl methyl sites for hydroxylation is 2. The van der Waals surface area contributed by atoms with Crippen LogP contribution in [0.25, 0.3) is 0 Å². The Hall–Kier alpha value is -1.39. The Morgan fingerprint density at radius 3 is 2.79 bits per heavy atom. The molecule has 0 saturated carbocycles. The molecule has 0 amide bonds. The van der Waals surface area contributed by atoms with Crippen LogP contribution in [0.3, 0.4) is 0 Å². The van der Waals surface area contributed by atoms with Crippen molar-refractivity contribution in [2.45, 2.75) is 26.9 Å². The maximum atomic E-state index is 4.65. The summed E-state index contributed by atoms with van der Waals surface area (Å²) in [5.41, 5.74) is 3.76. The standard InChI is InChI=1S/C15H21N3S/c1-11-6-5-7-13(8-11)10-18(4)15-17-12(2)14(19-15)9-16-3/h5-8,16H,9-10H2,1-4H3. The second kappa shape index (κ2) is 6.17. The minimum atomic E-state index is 0.891. The van der Waals surface area contributed by atoms with Crippen LogP contribution in [0.1, 0.15) is 21.7 Å². The molecular formula is C15H21N3S. The van der Waals surface area contributed by atoms with Gasteiger partial charge in [0.15, 0.2) is 5.13 Å². The van der Waals surface area contributed by atoms with E-state index in [9.17, 15) is 0 Å². The molecule has 0 fully saturated rings. The number of benzene rings is 1. The molecule has 0 saturated heterocycles. The average Bonchev–Trinajstić information content (AvgIpc) is 2.72. The molecular weight excluding hydrogens is 254 g/mol. The number of anilines is 1. The van der Waals surface area contributed by atoms with E-state index in [-0.39, 0.29) is 0 Å². The van der Waals surface area contributed by atoms with Crippen molar-refractivity contribution >= 4 is 16.5 Å². The second-order valence-corrected chi connectivity index (χ2v) is 5.94. The molecule has 0 spiro atoms. The molecule has 19 heavy (non-hydrogen) atoms.